The van der Waals surface area contributed by atoms with Gasteiger partial charge in [0.1, 0.15) is 47.4 Å². The van der Waals surface area contributed by atoms with E-state index in [4.69, 9.17) is 35.3 Å². The number of aliphatic hydroxyl groups is 1. The summed E-state index contributed by atoms with van der Waals surface area (Å²) in [5, 5.41) is 10.2. The molecule has 3 aromatic rings. The van der Waals surface area contributed by atoms with E-state index in [1.165, 1.54) is 4.90 Å². The fourth-order valence-electron chi connectivity index (χ4n) is 5.16. The normalized spacial score (nSPS) is 24.1. The third-order valence-corrected chi connectivity index (χ3v) is 7.58. The number of imidazole rings is 1. The molecule has 0 bridgehead atoms. The first kappa shape index (κ1) is 28.8. The van der Waals surface area contributed by atoms with Crippen LogP contribution in [-0.2, 0) is 27.1 Å². The molecule has 3 saturated heterocycles. The number of ether oxygens (including phenoxy) is 5. The molecule has 2 N–H and O–H groups in total. The maximum absolute atomic E-state index is 14.9. The van der Waals surface area contributed by atoms with Crippen molar-refractivity contribution in [2.45, 2.75) is 69.7 Å². The average molecular weight is 609 g/mol. The number of halogens is 3. The number of aliphatic hydroxyl groups excluding tert-OH is 1. The van der Waals surface area contributed by atoms with Crippen LogP contribution in [0.1, 0.15) is 32.0 Å². The van der Waals surface area contributed by atoms with Gasteiger partial charge >= 0.3 is 6.09 Å². The summed E-state index contributed by atoms with van der Waals surface area (Å²) in [4.78, 5) is 25.4. The van der Waals surface area contributed by atoms with E-state index in [0.717, 1.165) is 12.1 Å². The summed E-state index contributed by atoms with van der Waals surface area (Å²) in [5.41, 5.74) is 0.548. The number of likely N-dealkylation sites (tertiary alicyclic amines) is 1. The Morgan fingerprint density at radius 1 is 1.10 bits per heavy atom. The monoisotopic (exact) mass is 608 g/mol. The van der Waals surface area contributed by atoms with E-state index in [9.17, 15) is 18.7 Å². The van der Waals surface area contributed by atoms with Crippen LogP contribution in [0.15, 0.2) is 18.2 Å². The molecule has 1 aromatic carbocycles. The molecule has 3 fully saturated rings. The average Bonchev–Trinajstić information content (AvgIpc) is 3.56. The smallest absolute Gasteiger partial charge is 0.410 e. The quantitative estimate of drug-likeness (QED) is 0.414. The molecular formula is C28H31ClF2N4O7. The maximum atomic E-state index is 14.9. The van der Waals surface area contributed by atoms with Crippen LogP contribution in [0.25, 0.3) is 11.2 Å². The van der Waals surface area contributed by atoms with Crippen LogP contribution in [0, 0.1) is 11.6 Å². The predicted molar refractivity (Wildman–Crippen MR) is 145 cm³/mol. The molecule has 3 aliphatic heterocycles. The molecule has 226 valence electrons. The zero-order valence-corrected chi connectivity index (χ0v) is 24.0. The molecular weight excluding hydrogens is 578 g/mol. The third-order valence-electron chi connectivity index (χ3n) is 7.25. The number of H-pyrrole nitrogens is 1. The first-order chi connectivity index (χ1) is 19.9. The minimum Gasteiger partial charge on any atom is -0.487 e. The highest BCUT2D eigenvalue weighted by Crippen LogP contribution is 2.31. The van der Waals surface area contributed by atoms with Crippen molar-refractivity contribution in [2.24, 2.45) is 0 Å². The van der Waals surface area contributed by atoms with Gasteiger partial charge in [0.05, 0.1) is 42.5 Å². The highest BCUT2D eigenvalue weighted by atomic mass is 35.5. The number of hydrogen-bond acceptors (Lipinski definition) is 9. The minimum absolute atomic E-state index is 0.00193. The number of benzene rings is 1. The summed E-state index contributed by atoms with van der Waals surface area (Å²) >= 11 is 6.43. The van der Waals surface area contributed by atoms with Crippen molar-refractivity contribution >= 4 is 28.9 Å². The lowest BCUT2D eigenvalue weighted by Gasteiger charge is -2.39. The number of aryl methyl sites for hydroxylation is 1. The van der Waals surface area contributed by atoms with Gasteiger partial charge in [-0.25, -0.2) is 18.6 Å². The summed E-state index contributed by atoms with van der Waals surface area (Å²) in [6, 6.07) is 4.09. The summed E-state index contributed by atoms with van der Waals surface area (Å²) in [6.07, 6.45) is -2.67. The molecule has 42 heavy (non-hydrogen) atoms. The summed E-state index contributed by atoms with van der Waals surface area (Å²) in [7, 11) is 0. The molecule has 5 heterocycles. The zero-order valence-electron chi connectivity index (χ0n) is 23.2. The van der Waals surface area contributed by atoms with Gasteiger partial charge in [-0.3, -0.25) is 0 Å². The first-order valence-corrected chi connectivity index (χ1v) is 14.1. The fourth-order valence-corrected chi connectivity index (χ4v) is 5.41. The van der Waals surface area contributed by atoms with E-state index >= 15 is 0 Å². The van der Waals surface area contributed by atoms with Crippen molar-refractivity contribution in [1.82, 2.24) is 19.9 Å². The van der Waals surface area contributed by atoms with Crippen molar-refractivity contribution in [2.75, 3.05) is 26.3 Å². The van der Waals surface area contributed by atoms with E-state index in [0.29, 0.717) is 21.9 Å². The Morgan fingerprint density at radius 2 is 1.81 bits per heavy atom. The van der Waals surface area contributed by atoms with Gasteiger partial charge in [0.15, 0.2) is 11.8 Å². The molecule has 0 radical (unpaired) electrons. The first-order valence-electron chi connectivity index (χ1n) is 13.7. The molecule has 0 unspecified atom stereocenters. The Labute approximate surface area is 245 Å². The second kappa shape index (κ2) is 11.1. The van der Waals surface area contributed by atoms with Gasteiger partial charge in [0.25, 0.3) is 6.01 Å². The van der Waals surface area contributed by atoms with Crippen LogP contribution < -0.4 is 9.47 Å². The lowest BCUT2D eigenvalue weighted by atomic mass is 10.1. The summed E-state index contributed by atoms with van der Waals surface area (Å²) < 4.78 is 57.9. The third kappa shape index (κ3) is 5.96. The molecule has 3 aliphatic rings. The molecule has 2 aromatic heterocycles. The molecule has 0 saturated carbocycles. The number of carbonyl (C=O) groups is 1. The summed E-state index contributed by atoms with van der Waals surface area (Å²) in [5.74, 6) is -1.46. The molecule has 11 nitrogen and oxygen atoms in total. The van der Waals surface area contributed by atoms with Gasteiger partial charge in [-0.05, 0) is 39.7 Å². The van der Waals surface area contributed by atoms with E-state index in [1.54, 1.807) is 26.8 Å². The van der Waals surface area contributed by atoms with Crippen LogP contribution >= 0.6 is 11.6 Å². The molecule has 0 spiro atoms. The van der Waals surface area contributed by atoms with E-state index in [1.807, 2.05) is 0 Å². The van der Waals surface area contributed by atoms with Crippen LogP contribution in [0.3, 0.4) is 0 Å². The number of hydrogen-bond donors (Lipinski definition) is 2. The number of fused-ring (bicyclic) bond motifs is 2. The second-order valence-corrected chi connectivity index (χ2v) is 12.0. The molecule has 14 heteroatoms. The topological polar surface area (TPSA) is 128 Å². The number of pyridine rings is 1. The maximum Gasteiger partial charge on any atom is 0.410 e. The largest absolute Gasteiger partial charge is 0.487 e. The Hall–Kier alpha value is -3.26. The van der Waals surface area contributed by atoms with Crippen molar-refractivity contribution < 1.29 is 42.4 Å². The highest BCUT2D eigenvalue weighted by molar-refractivity contribution is 6.31. The van der Waals surface area contributed by atoms with Gasteiger partial charge in [-0.2, -0.15) is 4.98 Å². The Kier molecular flexibility index (Phi) is 7.62. The Bertz CT molecular complexity index is 1470. The number of amides is 1. The van der Waals surface area contributed by atoms with Crippen LogP contribution in [-0.4, -0.2) is 93.5 Å². The highest BCUT2D eigenvalue weighted by Gasteiger charge is 2.48. The molecule has 1 amide bonds. The molecule has 6 rings (SSSR count). The summed E-state index contributed by atoms with van der Waals surface area (Å²) in [6.45, 7) is 6.28. The SMILES string of the molecule is CC(C)(C)OC(=O)N1CC(Oc2cc(F)c(CCc3nc4nc(O[C@@H]5CO[C@H]6[C@@H]5OC[C@H]6O)[nH]c4cc3Cl)c(F)c2)C1. The van der Waals surface area contributed by atoms with Crippen LogP contribution in [0.2, 0.25) is 5.02 Å². The predicted octanol–water partition coefficient (Wildman–Crippen LogP) is 3.58. The number of carbonyl (C=O) groups excluding carboxylic acids is 1. The van der Waals surface area contributed by atoms with E-state index in [2.05, 4.69) is 15.0 Å². The fraction of sp³-hybridized carbons (Fsp3) is 0.536. The number of aromatic nitrogens is 3. The van der Waals surface area contributed by atoms with Gasteiger partial charge in [0.2, 0.25) is 0 Å². The number of aromatic amines is 1. The van der Waals surface area contributed by atoms with Gasteiger partial charge in [0, 0.05) is 17.7 Å². The Morgan fingerprint density at radius 3 is 2.52 bits per heavy atom. The van der Waals surface area contributed by atoms with Gasteiger partial charge in [-0.1, -0.05) is 11.6 Å². The Balaban J connectivity index is 1.06. The number of rotatable bonds is 7. The van der Waals surface area contributed by atoms with Crippen LogP contribution in [0.5, 0.6) is 11.8 Å². The van der Waals surface area contributed by atoms with Crippen molar-refractivity contribution in [1.29, 1.82) is 0 Å². The van der Waals surface area contributed by atoms with Gasteiger partial charge in [-0.15, -0.1) is 0 Å². The van der Waals surface area contributed by atoms with Crippen molar-refractivity contribution in [3.63, 3.8) is 0 Å². The minimum atomic E-state index is -0.752. The standard InChI is InChI=1S/C28H31ClF2N4O7/c1-28(2,3)42-27(37)35-9-14(10-35)40-13-6-17(30)15(18(31)7-13)4-5-19-16(29)8-20-25(32-19)34-26(33-20)41-22-12-39-23-21(36)11-38-24(22)23/h6-8,14,21-24,36H,4-5,9-12H2,1-3H3,(H,32,33,34)/t21-,22-,23-,24-/m1/s1. The van der Waals surface area contributed by atoms with Crippen LogP contribution in [0.4, 0.5) is 13.6 Å². The zero-order chi connectivity index (χ0) is 29.8. The molecule has 0 aliphatic carbocycles. The van der Waals surface area contributed by atoms with E-state index in [-0.39, 0.29) is 62.6 Å². The van der Waals surface area contributed by atoms with Gasteiger partial charge < -0.3 is 38.7 Å². The molecule has 4 atom stereocenters. The van der Waals surface area contributed by atoms with Crippen molar-refractivity contribution in [3.05, 3.63) is 46.1 Å². The number of nitrogens with zero attached hydrogens (tertiary/aromatic N) is 3. The lowest BCUT2D eigenvalue weighted by Crippen LogP contribution is -2.57. The second-order valence-electron chi connectivity index (χ2n) is 11.6. The lowest BCUT2D eigenvalue weighted by molar-refractivity contribution is -0.0223. The van der Waals surface area contributed by atoms with Crippen molar-refractivity contribution in [3.8, 4) is 11.8 Å². The number of nitrogens with one attached hydrogen (secondary N) is 1. The van der Waals surface area contributed by atoms with E-state index < -0.39 is 47.7 Å².